The molecule has 0 bridgehead atoms. The Balaban J connectivity index is 3.12. The van der Waals surface area contributed by atoms with E-state index in [4.69, 9.17) is 10.2 Å². The summed E-state index contributed by atoms with van der Waals surface area (Å²) in [6, 6.07) is 4.68. The first-order chi connectivity index (χ1) is 8.10. The third-order valence-electron chi connectivity index (χ3n) is 2.21. The van der Waals surface area contributed by atoms with Gasteiger partial charge in [0.05, 0.1) is 18.1 Å². The van der Waals surface area contributed by atoms with E-state index in [0.717, 1.165) is 0 Å². The van der Waals surface area contributed by atoms with Gasteiger partial charge in [-0.05, 0) is 12.1 Å². The number of aliphatic hydroxyl groups excluding tert-OH is 2. The minimum Gasteiger partial charge on any atom is -0.395 e. The molecule has 1 aromatic carbocycles. The molecule has 0 heterocycles. The Labute approximate surface area is 107 Å². The molecule has 0 aromatic heterocycles. The summed E-state index contributed by atoms with van der Waals surface area (Å²) in [4.78, 5) is 12.0. The van der Waals surface area contributed by atoms with Crippen LogP contribution in [-0.4, -0.2) is 41.4 Å². The molecule has 0 radical (unpaired) electrons. The van der Waals surface area contributed by atoms with E-state index in [0.29, 0.717) is 10.2 Å². The normalized spacial score (nSPS) is 10.3. The SMILES string of the molecule is O=[N+]([O-])c1cc(Br)ccc1N(CCO)CCO. The topological polar surface area (TPSA) is 86.8 Å². The molecule has 1 aromatic rings. The van der Waals surface area contributed by atoms with Crippen molar-refractivity contribution < 1.29 is 15.1 Å². The van der Waals surface area contributed by atoms with Crippen LogP contribution in [0.25, 0.3) is 0 Å². The van der Waals surface area contributed by atoms with Crippen LogP contribution in [0.4, 0.5) is 11.4 Å². The van der Waals surface area contributed by atoms with Crippen LogP contribution in [0.1, 0.15) is 0 Å². The molecule has 0 aliphatic heterocycles. The van der Waals surface area contributed by atoms with Gasteiger partial charge in [0.25, 0.3) is 5.69 Å². The van der Waals surface area contributed by atoms with Crippen molar-refractivity contribution >= 4 is 27.3 Å². The van der Waals surface area contributed by atoms with Gasteiger partial charge >= 0.3 is 0 Å². The first-order valence-electron chi connectivity index (χ1n) is 5.00. The van der Waals surface area contributed by atoms with E-state index in [2.05, 4.69) is 15.9 Å². The highest BCUT2D eigenvalue weighted by molar-refractivity contribution is 9.10. The Hall–Kier alpha value is -1.18. The van der Waals surface area contributed by atoms with Crippen LogP contribution in [0.5, 0.6) is 0 Å². The average molecular weight is 305 g/mol. The van der Waals surface area contributed by atoms with Crippen LogP contribution in [0.15, 0.2) is 22.7 Å². The molecule has 0 aliphatic rings. The van der Waals surface area contributed by atoms with Crippen LogP contribution >= 0.6 is 15.9 Å². The van der Waals surface area contributed by atoms with Crippen LogP contribution in [0.2, 0.25) is 0 Å². The third kappa shape index (κ3) is 3.65. The van der Waals surface area contributed by atoms with E-state index >= 15 is 0 Å². The number of anilines is 1. The summed E-state index contributed by atoms with van der Waals surface area (Å²) in [7, 11) is 0. The summed E-state index contributed by atoms with van der Waals surface area (Å²) in [5.74, 6) is 0. The molecule has 2 N–H and O–H groups in total. The highest BCUT2D eigenvalue weighted by Crippen LogP contribution is 2.30. The van der Waals surface area contributed by atoms with Crippen molar-refractivity contribution in [2.75, 3.05) is 31.2 Å². The molecule has 0 fully saturated rings. The lowest BCUT2D eigenvalue weighted by Crippen LogP contribution is -2.30. The van der Waals surface area contributed by atoms with E-state index in [-0.39, 0.29) is 32.0 Å². The average Bonchev–Trinajstić information content (AvgIpc) is 2.28. The number of nitro groups is 1. The maximum Gasteiger partial charge on any atom is 0.293 e. The monoisotopic (exact) mass is 304 g/mol. The molecular formula is C10H13BrN2O4. The molecule has 0 saturated heterocycles. The van der Waals surface area contributed by atoms with Crippen LogP contribution in [0.3, 0.4) is 0 Å². The number of nitrogens with zero attached hydrogens (tertiary/aromatic N) is 2. The second-order valence-electron chi connectivity index (χ2n) is 3.32. The molecule has 0 spiro atoms. The lowest BCUT2D eigenvalue weighted by atomic mass is 10.2. The molecule has 0 atom stereocenters. The van der Waals surface area contributed by atoms with Gasteiger partial charge in [-0.25, -0.2) is 0 Å². The Kier molecular flexibility index (Phi) is 5.33. The molecule has 7 heteroatoms. The van der Waals surface area contributed by atoms with E-state index in [1.54, 1.807) is 17.0 Å². The molecule has 94 valence electrons. The number of rotatable bonds is 6. The number of benzene rings is 1. The molecule has 1 rings (SSSR count). The van der Waals surface area contributed by atoms with Crippen molar-refractivity contribution in [3.05, 3.63) is 32.8 Å². The van der Waals surface area contributed by atoms with Gasteiger partial charge in [-0.3, -0.25) is 10.1 Å². The maximum atomic E-state index is 10.9. The fourth-order valence-electron chi connectivity index (χ4n) is 1.50. The number of hydrogen-bond donors (Lipinski definition) is 2. The molecule has 0 saturated carbocycles. The lowest BCUT2D eigenvalue weighted by molar-refractivity contribution is -0.384. The highest BCUT2D eigenvalue weighted by atomic mass is 79.9. The van der Waals surface area contributed by atoms with E-state index in [1.165, 1.54) is 6.07 Å². The molecule has 0 unspecified atom stereocenters. The van der Waals surface area contributed by atoms with Crippen molar-refractivity contribution in [1.82, 2.24) is 0 Å². The Bertz CT molecular complexity index is 394. The summed E-state index contributed by atoms with van der Waals surface area (Å²) in [5.41, 5.74) is 0.336. The number of hydrogen-bond acceptors (Lipinski definition) is 5. The van der Waals surface area contributed by atoms with Crippen molar-refractivity contribution in [2.45, 2.75) is 0 Å². The second kappa shape index (κ2) is 6.53. The fourth-order valence-corrected chi connectivity index (χ4v) is 1.85. The summed E-state index contributed by atoms with van der Waals surface area (Å²) in [6.45, 7) is 0.215. The largest absolute Gasteiger partial charge is 0.395 e. The Morgan fingerprint density at radius 3 is 2.35 bits per heavy atom. The summed E-state index contributed by atoms with van der Waals surface area (Å²) < 4.78 is 0.612. The van der Waals surface area contributed by atoms with Gasteiger partial charge in [-0.15, -0.1) is 0 Å². The van der Waals surface area contributed by atoms with Gasteiger partial charge in [0.15, 0.2) is 0 Å². The minimum atomic E-state index is -0.484. The van der Waals surface area contributed by atoms with Crippen LogP contribution in [-0.2, 0) is 0 Å². The Morgan fingerprint density at radius 1 is 1.29 bits per heavy atom. The van der Waals surface area contributed by atoms with Crippen molar-refractivity contribution in [3.63, 3.8) is 0 Å². The van der Waals surface area contributed by atoms with Gasteiger partial charge < -0.3 is 15.1 Å². The van der Waals surface area contributed by atoms with Gasteiger partial charge in [-0.1, -0.05) is 15.9 Å². The fraction of sp³-hybridized carbons (Fsp3) is 0.400. The Morgan fingerprint density at radius 2 is 1.88 bits per heavy atom. The molecule has 0 aliphatic carbocycles. The lowest BCUT2D eigenvalue weighted by Gasteiger charge is -2.22. The van der Waals surface area contributed by atoms with Crippen LogP contribution < -0.4 is 4.90 Å². The smallest absolute Gasteiger partial charge is 0.293 e. The van der Waals surface area contributed by atoms with Gasteiger partial charge in [0, 0.05) is 23.6 Å². The zero-order valence-electron chi connectivity index (χ0n) is 9.04. The third-order valence-corrected chi connectivity index (χ3v) is 2.71. The van der Waals surface area contributed by atoms with Crippen molar-refractivity contribution in [3.8, 4) is 0 Å². The molecule has 6 nitrogen and oxygen atoms in total. The predicted molar refractivity (Wildman–Crippen MR) is 67.2 cm³/mol. The van der Waals surface area contributed by atoms with Crippen molar-refractivity contribution in [1.29, 1.82) is 0 Å². The standard InChI is InChI=1S/C10H13BrN2O4/c11-8-1-2-9(10(7-8)13(16)17)12(3-5-14)4-6-15/h1-2,7,14-15H,3-6H2. The van der Waals surface area contributed by atoms with Gasteiger partial charge in [0.2, 0.25) is 0 Å². The van der Waals surface area contributed by atoms with Gasteiger partial charge in [0.1, 0.15) is 5.69 Å². The summed E-state index contributed by atoms with van der Waals surface area (Å²) in [5, 5.41) is 28.7. The zero-order chi connectivity index (χ0) is 12.8. The zero-order valence-corrected chi connectivity index (χ0v) is 10.6. The highest BCUT2D eigenvalue weighted by Gasteiger charge is 2.19. The predicted octanol–water partition coefficient (Wildman–Crippen LogP) is 1.15. The quantitative estimate of drug-likeness (QED) is 0.608. The summed E-state index contributed by atoms with van der Waals surface area (Å²) >= 11 is 3.17. The first kappa shape index (κ1) is 13.9. The summed E-state index contributed by atoms with van der Waals surface area (Å²) in [6.07, 6.45) is 0. The van der Waals surface area contributed by atoms with E-state index in [1.807, 2.05) is 0 Å². The minimum absolute atomic E-state index is 0.0544. The molecule has 0 amide bonds. The van der Waals surface area contributed by atoms with Crippen LogP contribution in [0, 0.1) is 10.1 Å². The van der Waals surface area contributed by atoms with Gasteiger partial charge in [-0.2, -0.15) is 0 Å². The maximum absolute atomic E-state index is 10.9. The molecule has 17 heavy (non-hydrogen) atoms. The number of nitro benzene ring substituents is 1. The van der Waals surface area contributed by atoms with Crippen molar-refractivity contribution in [2.24, 2.45) is 0 Å². The molecular weight excluding hydrogens is 292 g/mol. The first-order valence-corrected chi connectivity index (χ1v) is 5.80. The number of aliphatic hydroxyl groups is 2. The number of halogens is 1. The second-order valence-corrected chi connectivity index (χ2v) is 4.24. The van der Waals surface area contributed by atoms with E-state index < -0.39 is 4.92 Å². The van der Waals surface area contributed by atoms with E-state index in [9.17, 15) is 10.1 Å².